The van der Waals surface area contributed by atoms with Crippen LogP contribution in [0.15, 0.2) is 36.4 Å². The summed E-state index contributed by atoms with van der Waals surface area (Å²) in [6.07, 6.45) is 0. The summed E-state index contributed by atoms with van der Waals surface area (Å²) < 4.78 is 13.0. The number of rotatable bonds is 3. The fourth-order valence-corrected chi connectivity index (χ4v) is 2.88. The molecular weight excluding hydrogens is 308 g/mol. The van der Waals surface area contributed by atoms with Crippen molar-refractivity contribution in [3.63, 3.8) is 0 Å². The van der Waals surface area contributed by atoms with E-state index >= 15 is 0 Å². The highest BCUT2D eigenvalue weighted by Gasteiger charge is 2.11. The summed E-state index contributed by atoms with van der Waals surface area (Å²) in [5.41, 5.74) is 2.66. The number of ether oxygens (including phenoxy) is 2. The van der Waals surface area contributed by atoms with Gasteiger partial charge in [0.2, 0.25) is 0 Å². The standard InChI is InChI=1S/C15H13ClN2O2S/c1-19-12-7-6-9(8-10(12)16)18-11-4-3-5-13(20-2)14(11)17-15(18)21/h3-8H,1-2H3,(H,17,21). The molecule has 108 valence electrons. The molecular formula is C15H13ClN2O2S. The van der Waals surface area contributed by atoms with E-state index in [1.165, 1.54) is 0 Å². The van der Waals surface area contributed by atoms with Crippen molar-refractivity contribution in [3.05, 3.63) is 46.2 Å². The number of fused-ring (bicyclic) bond motifs is 1. The minimum absolute atomic E-state index is 0.536. The number of hydrogen-bond acceptors (Lipinski definition) is 3. The molecule has 4 nitrogen and oxygen atoms in total. The maximum Gasteiger partial charge on any atom is 0.182 e. The van der Waals surface area contributed by atoms with Crippen molar-refractivity contribution in [3.8, 4) is 17.2 Å². The van der Waals surface area contributed by atoms with Gasteiger partial charge in [0.1, 0.15) is 17.0 Å². The zero-order chi connectivity index (χ0) is 15.0. The first-order valence-electron chi connectivity index (χ1n) is 6.27. The molecule has 2 aromatic carbocycles. The van der Waals surface area contributed by atoms with Gasteiger partial charge in [-0.1, -0.05) is 17.7 Å². The molecule has 0 saturated heterocycles. The number of nitrogens with one attached hydrogen (secondary N) is 1. The van der Waals surface area contributed by atoms with E-state index in [0.717, 1.165) is 22.5 Å². The summed E-state index contributed by atoms with van der Waals surface area (Å²) in [5, 5.41) is 0.536. The van der Waals surface area contributed by atoms with Crippen LogP contribution >= 0.6 is 23.8 Å². The summed E-state index contributed by atoms with van der Waals surface area (Å²) in [4.78, 5) is 3.17. The first kappa shape index (κ1) is 14.0. The highest BCUT2D eigenvalue weighted by molar-refractivity contribution is 7.71. The molecule has 21 heavy (non-hydrogen) atoms. The van der Waals surface area contributed by atoms with Gasteiger partial charge in [-0.25, -0.2) is 0 Å². The van der Waals surface area contributed by atoms with Crippen LogP contribution in [-0.2, 0) is 0 Å². The lowest BCUT2D eigenvalue weighted by atomic mass is 10.2. The van der Waals surface area contributed by atoms with E-state index < -0.39 is 0 Å². The van der Waals surface area contributed by atoms with Gasteiger partial charge in [0, 0.05) is 0 Å². The number of para-hydroxylation sites is 1. The van der Waals surface area contributed by atoms with Crippen LogP contribution in [0.5, 0.6) is 11.5 Å². The number of benzene rings is 2. The lowest BCUT2D eigenvalue weighted by Gasteiger charge is -2.08. The fourth-order valence-electron chi connectivity index (χ4n) is 2.32. The van der Waals surface area contributed by atoms with E-state index in [4.69, 9.17) is 33.3 Å². The summed E-state index contributed by atoms with van der Waals surface area (Å²) >= 11 is 11.6. The Morgan fingerprint density at radius 3 is 2.52 bits per heavy atom. The third-order valence-corrected chi connectivity index (χ3v) is 3.87. The second-order valence-corrected chi connectivity index (χ2v) is 5.23. The van der Waals surface area contributed by atoms with Crippen molar-refractivity contribution in [1.82, 2.24) is 9.55 Å². The van der Waals surface area contributed by atoms with E-state index in [2.05, 4.69) is 4.98 Å². The Bertz CT molecular complexity index is 870. The SMILES string of the molecule is COc1ccc(-n2c(=S)[nH]c3c(OC)cccc32)cc1Cl. The van der Waals surface area contributed by atoms with Crippen LogP contribution in [0.1, 0.15) is 0 Å². The van der Waals surface area contributed by atoms with Crippen molar-refractivity contribution in [1.29, 1.82) is 0 Å². The van der Waals surface area contributed by atoms with Crippen LogP contribution in [0.4, 0.5) is 0 Å². The molecule has 0 aliphatic rings. The predicted molar refractivity (Wildman–Crippen MR) is 86.6 cm³/mol. The van der Waals surface area contributed by atoms with Crippen molar-refractivity contribution in [2.24, 2.45) is 0 Å². The van der Waals surface area contributed by atoms with Gasteiger partial charge in [0.25, 0.3) is 0 Å². The lowest BCUT2D eigenvalue weighted by Crippen LogP contribution is -1.95. The molecule has 0 aliphatic heterocycles. The minimum atomic E-state index is 0.536. The van der Waals surface area contributed by atoms with Gasteiger partial charge in [-0.3, -0.25) is 4.57 Å². The monoisotopic (exact) mass is 320 g/mol. The number of H-pyrrole nitrogens is 1. The van der Waals surface area contributed by atoms with Gasteiger partial charge >= 0.3 is 0 Å². The van der Waals surface area contributed by atoms with E-state index in [-0.39, 0.29) is 0 Å². The summed E-state index contributed by atoms with van der Waals surface area (Å²) in [6.45, 7) is 0. The van der Waals surface area contributed by atoms with E-state index in [9.17, 15) is 0 Å². The number of imidazole rings is 1. The molecule has 1 aromatic heterocycles. The molecule has 1 heterocycles. The van der Waals surface area contributed by atoms with Gasteiger partial charge in [0.05, 0.1) is 30.4 Å². The number of nitrogens with zero attached hydrogens (tertiary/aromatic N) is 1. The average Bonchev–Trinajstić information content (AvgIpc) is 2.82. The number of methoxy groups -OCH3 is 2. The molecule has 0 spiro atoms. The van der Waals surface area contributed by atoms with Crippen molar-refractivity contribution in [2.45, 2.75) is 0 Å². The smallest absolute Gasteiger partial charge is 0.182 e. The lowest BCUT2D eigenvalue weighted by molar-refractivity contribution is 0.415. The molecule has 0 aliphatic carbocycles. The van der Waals surface area contributed by atoms with Crippen LogP contribution in [0.25, 0.3) is 16.7 Å². The summed E-state index contributed by atoms with van der Waals surface area (Å²) in [6, 6.07) is 11.3. The van der Waals surface area contributed by atoms with Crippen LogP contribution in [-0.4, -0.2) is 23.8 Å². The molecule has 0 radical (unpaired) electrons. The Morgan fingerprint density at radius 1 is 1.10 bits per heavy atom. The first-order chi connectivity index (χ1) is 10.2. The third kappa shape index (κ3) is 2.28. The van der Waals surface area contributed by atoms with Crippen molar-refractivity contribution >= 4 is 34.9 Å². The van der Waals surface area contributed by atoms with Gasteiger partial charge in [-0.15, -0.1) is 0 Å². The van der Waals surface area contributed by atoms with Crippen LogP contribution in [0, 0.1) is 4.77 Å². The summed E-state index contributed by atoms with van der Waals surface area (Å²) in [5.74, 6) is 1.38. The normalized spacial score (nSPS) is 10.8. The maximum absolute atomic E-state index is 6.20. The molecule has 0 atom stereocenters. The quantitative estimate of drug-likeness (QED) is 0.729. The number of aromatic nitrogens is 2. The van der Waals surface area contributed by atoms with Crippen LogP contribution < -0.4 is 9.47 Å². The number of halogens is 1. The zero-order valence-corrected chi connectivity index (χ0v) is 13.1. The Balaban J connectivity index is 2.28. The first-order valence-corrected chi connectivity index (χ1v) is 7.06. The molecule has 0 amide bonds. The second kappa shape index (κ2) is 5.42. The highest BCUT2D eigenvalue weighted by atomic mass is 35.5. The Labute approximate surface area is 131 Å². The highest BCUT2D eigenvalue weighted by Crippen LogP contribution is 2.30. The maximum atomic E-state index is 6.20. The van der Waals surface area contributed by atoms with E-state index in [1.807, 2.05) is 41.0 Å². The molecule has 0 unspecified atom stereocenters. The average molecular weight is 321 g/mol. The van der Waals surface area contributed by atoms with Gasteiger partial charge in [-0.2, -0.15) is 0 Å². The van der Waals surface area contributed by atoms with Crippen LogP contribution in [0.2, 0.25) is 5.02 Å². The molecule has 0 fully saturated rings. The predicted octanol–water partition coefficient (Wildman–Crippen LogP) is 4.36. The minimum Gasteiger partial charge on any atom is -0.495 e. The summed E-state index contributed by atoms with van der Waals surface area (Å²) in [7, 11) is 3.22. The van der Waals surface area contributed by atoms with Gasteiger partial charge in [-0.05, 0) is 42.5 Å². The van der Waals surface area contributed by atoms with Gasteiger partial charge in [0.15, 0.2) is 4.77 Å². The largest absolute Gasteiger partial charge is 0.495 e. The Kier molecular flexibility index (Phi) is 3.61. The Hall–Kier alpha value is -1.98. The van der Waals surface area contributed by atoms with Crippen molar-refractivity contribution < 1.29 is 9.47 Å². The molecule has 3 rings (SSSR count). The van der Waals surface area contributed by atoms with Crippen LogP contribution in [0.3, 0.4) is 0 Å². The number of hydrogen-bond donors (Lipinski definition) is 1. The molecule has 1 N–H and O–H groups in total. The molecule has 6 heteroatoms. The third-order valence-electron chi connectivity index (χ3n) is 3.29. The topological polar surface area (TPSA) is 39.2 Å². The van der Waals surface area contributed by atoms with Gasteiger partial charge < -0.3 is 14.5 Å². The fraction of sp³-hybridized carbons (Fsp3) is 0.133. The Morgan fingerprint density at radius 2 is 1.86 bits per heavy atom. The molecule has 0 bridgehead atoms. The second-order valence-electron chi connectivity index (χ2n) is 4.44. The van der Waals surface area contributed by atoms with E-state index in [1.54, 1.807) is 14.2 Å². The molecule has 0 saturated carbocycles. The van der Waals surface area contributed by atoms with E-state index in [0.29, 0.717) is 15.5 Å². The molecule has 3 aromatic rings. The number of aromatic amines is 1. The zero-order valence-electron chi connectivity index (χ0n) is 11.5. The van der Waals surface area contributed by atoms with Crippen molar-refractivity contribution in [2.75, 3.05) is 14.2 Å².